The van der Waals surface area contributed by atoms with E-state index >= 15 is 0 Å². The number of nitro groups is 1. The summed E-state index contributed by atoms with van der Waals surface area (Å²) < 4.78 is 6.90. The van der Waals surface area contributed by atoms with Crippen molar-refractivity contribution in [3.63, 3.8) is 0 Å². The van der Waals surface area contributed by atoms with Gasteiger partial charge in [0, 0.05) is 18.7 Å². The van der Waals surface area contributed by atoms with Crippen LogP contribution >= 0.6 is 0 Å². The van der Waals surface area contributed by atoms with Crippen LogP contribution in [0.15, 0.2) is 24.3 Å². The van der Waals surface area contributed by atoms with Gasteiger partial charge in [-0.1, -0.05) is 13.8 Å². The van der Waals surface area contributed by atoms with Crippen molar-refractivity contribution in [1.29, 1.82) is 0 Å². The highest BCUT2D eigenvalue weighted by atomic mass is 16.6. The van der Waals surface area contributed by atoms with Gasteiger partial charge in [0.1, 0.15) is 11.4 Å². The molecule has 0 radical (unpaired) electrons. The highest BCUT2D eigenvalue weighted by molar-refractivity contribution is 5.92. The summed E-state index contributed by atoms with van der Waals surface area (Å²) >= 11 is 0. The summed E-state index contributed by atoms with van der Waals surface area (Å²) in [7, 11) is 1.58. The molecule has 0 saturated carbocycles. The van der Waals surface area contributed by atoms with Crippen molar-refractivity contribution in [2.45, 2.75) is 20.8 Å². The molecule has 1 heterocycles. The van der Waals surface area contributed by atoms with Gasteiger partial charge < -0.3 is 10.1 Å². The highest BCUT2D eigenvalue weighted by Crippen LogP contribution is 2.33. The predicted octanol–water partition coefficient (Wildman–Crippen LogP) is 3.02. The summed E-state index contributed by atoms with van der Waals surface area (Å²) in [6.07, 6.45) is 0. The number of hydrogen-bond donors (Lipinski definition) is 1. The lowest BCUT2D eigenvalue weighted by molar-refractivity contribution is -0.386. The largest absolute Gasteiger partial charge is 0.434 e. The number of hydrogen-bond acceptors (Lipinski definition) is 5. The van der Waals surface area contributed by atoms with E-state index in [9.17, 15) is 14.9 Å². The van der Waals surface area contributed by atoms with E-state index in [0.29, 0.717) is 11.4 Å². The lowest BCUT2D eigenvalue weighted by Gasteiger charge is -2.09. The molecule has 0 fully saturated rings. The molecule has 0 unspecified atom stereocenters. The van der Waals surface area contributed by atoms with Gasteiger partial charge in [0.15, 0.2) is 0 Å². The Labute approximate surface area is 133 Å². The molecule has 0 bridgehead atoms. The zero-order valence-corrected chi connectivity index (χ0v) is 13.4. The predicted molar refractivity (Wildman–Crippen MR) is 84.6 cm³/mol. The van der Waals surface area contributed by atoms with Gasteiger partial charge in [-0.3, -0.25) is 14.9 Å². The summed E-state index contributed by atoms with van der Waals surface area (Å²) in [4.78, 5) is 22.2. The topological polar surface area (TPSA) is 99.3 Å². The number of amides is 1. The van der Waals surface area contributed by atoms with E-state index in [4.69, 9.17) is 4.74 Å². The van der Waals surface area contributed by atoms with Crippen LogP contribution < -0.4 is 10.1 Å². The number of rotatable bonds is 5. The summed E-state index contributed by atoms with van der Waals surface area (Å²) in [6.45, 7) is 5.16. The average Bonchev–Trinajstić information content (AvgIpc) is 2.75. The number of aryl methyl sites for hydroxylation is 2. The number of carbonyl (C=O) groups excluding carboxylic acids is 1. The molecule has 0 aliphatic rings. The smallest absolute Gasteiger partial charge is 0.353 e. The van der Waals surface area contributed by atoms with Gasteiger partial charge in [-0.15, -0.1) is 0 Å². The van der Waals surface area contributed by atoms with E-state index in [2.05, 4.69) is 10.4 Å². The Morgan fingerprint density at radius 1 is 1.35 bits per heavy atom. The molecule has 122 valence electrons. The van der Waals surface area contributed by atoms with Gasteiger partial charge in [0.2, 0.25) is 5.91 Å². The quantitative estimate of drug-likeness (QED) is 0.674. The molecule has 8 heteroatoms. The first-order chi connectivity index (χ1) is 10.8. The van der Waals surface area contributed by atoms with Crippen LogP contribution in [0.5, 0.6) is 11.6 Å². The second kappa shape index (κ2) is 6.47. The summed E-state index contributed by atoms with van der Waals surface area (Å²) in [5.41, 5.74) is 0.754. The molecule has 1 amide bonds. The molecule has 0 aliphatic carbocycles. The molecule has 0 atom stereocenters. The first-order valence-electron chi connectivity index (χ1n) is 7.06. The molecule has 1 aromatic heterocycles. The number of aromatic nitrogens is 2. The maximum atomic E-state index is 11.6. The molecular formula is C15H18N4O4. The van der Waals surface area contributed by atoms with E-state index in [-0.39, 0.29) is 29.1 Å². The van der Waals surface area contributed by atoms with Crippen molar-refractivity contribution in [3.8, 4) is 11.6 Å². The molecule has 0 spiro atoms. The van der Waals surface area contributed by atoms with E-state index in [0.717, 1.165) is 0 Å². The molecule has 1 aromatic carbocycles. The molecule has 23 heavy (non-hydrogen) atoms. The zero-order chi connectivity index (χ0) is 17.1. The molecular weight excluding hydrogens is 300 g/mol. The van der Waals surface area contributed by atoms with Crippen LogP contribution in [0, 0.1) is 23.0 Å². The summed E-state index contributed by atoms with van der Waals surface area (Å²) in [5, 5.41) is 17.9. The van der Waals surface area contributed by atoms with Gasteiger partial charge in [-0.2, -0.15) is 5.10 Å². The van der Waals surface area contributed by atoms with Crippen molar-refractivity contribution in [1.82, 2.24) is 9.78 Å². The van der Waals surface area contributed by atoms with E-state index in [1.165, 1.54) is 4.68 Å². The fourth-order valence-electron chi connectivity index (χ4n) is 1.95. The van der Waals surface area contributed by atoms with Gasteiger partial charge in [-0.05, 0) is 31.2 Å². The Bertz CT molecular complexity index is 735. The molecule has 8 nitrogen and oxygen atoms in total. The number of nitrogens with one attached hydrogen (secondary N) is 1. The van der Waals surface area contributed by atoms with Gasteiger partial charge in [-0.25, -0.2) is 4.68 Å². The SMILES string of the molecule is Cc1nn(C)c(Oc2ccc(NC(=O)C(C)C)cc2)c1[N+](=O)[O-]. The Morgan fingerprint density at radius 3 is 2.48 bits per heavy atom. The van der Waals surface area contributed by atoms with Crippen LogP contribution in [0.4, 0.5) is 11.4 Å². The average molecular weight is 318 g/mol. The minimum Gasteiger partial charge on any atom is -0.434 e. The van der Waals surface area contributed by atoms with Gasteiger partial charge in [0.05, 0.1) is 4.92 Å². The highest BCUT2D eigenvalue weighted by Gasteiger charge is 2.26. The third kappa shape index (κ3) is 3.65. The summed E-state index contributed by atoms with van der Waals surface area (Å²) in [6, 6.07) is 6.60. The van der Waals surface area contributed by atoms with E-state index in [1.807, 2.05) is 0 Å². The second-order valence-electron chi connectivity index (χ2n) is 5.39. The minimum atomic E-state index is -0.519. The number of ether oxygens (including phenoxy) is 1. The van der Waals surface area contributed by atoms with E-state index in [1.54, 1.807) is 52.1 Å². The van der Waals surface area contributed by atoms with Crippen LogP contribution in [-0.4, -0.2) is 20.6 Å². The molecule has 0 saturated heterocycles. The monoisotopic (exact) mass is 318 g/mol. The fraction of sp³-hybridized carbons (Fsp3) is 0.333. The van der Waals surface area contributed by atoms with Crippen molar-refractivity contribution in [3.05, 3.63) is 40.1 Å². The number of carbonyl (C=O) groups is 1. The van der Waals surface area contributed by atoms with Crippen molar-refractivity contribution in [2.75, 3.05) is 5.32 Å². The summed E-state index contributed by atoms with van der Waals surface area (Å²) in [5.74, 6) is 0.271. The normalized spacial score (nSPS) is 10.7. The zero-order valence-electron chi connectivity index (χ0n) is 13.4. The fourth-order valence-corrected chi connectivity index (χ4v) is 1.95. The molecule has 2 aromatic rings. The number of benzene rings is 1. The van der Waals surface area contributed by atoms with Crippen LogP contribution in [-0.2, 0) is 11.8 Å². The Balaban J connectivity index is 2.19. The number of nitrogens with zero attached hydrogens (tertiary/aromatic N) is 3. The lowest BCUT2D eigenvalue weighted by atomic mass is 10.2. The maximum absolute atomic E-state index is 11.6. The molecule has 1 N–H and O–H groups in total. The number of anilines is 1. The van der Waals surface area contributed by atoms with E-state index < -0.39 is 4.92 Å². The Hall–Kier alpha value is -2.90. The Morgan fingerprint density at radius 2 is 1.96 bits per heavy atom. The minimum absolute atomic E-state index is 0.0615. The van der Waals surface area contributed by atoms with Gasteiger partial charge >= 0.3 is 5.69 Å². The van der Waals surface area contributed by atoms with Crippen molar-refractivity contribution >= 4 is 17.3 Å². The van der Waals surface area contributed by atoms with Crippen molar-refractivity contribution in [2.24, 2.45) is 13.0 Å². The van der Waals surface area contributed by atoms with Crippen LogP contribution in [0.1, 0.15) is 19.5 Å². The first kappa shape index (κ1) is 16.5. The Kier molecular flexibility index (Phi) is 4.63. The van der Waals surface area contributed by atoms with Crippen LogP contribution in [0.3, 0.4) is 0 Å². The third-order valence-corrected chi connectivity index (χ3v) is 3.18. The van der Waals surface area contributed by atoms with Crippen LogP contribution in [0.25, 0.3) is 0 Å². The molecule has 2 rings (SSSR count). The second-order valence-corrected chi connectivity index (χ2v) is 5.39. The molecule has 0 aliphatic heterocycles. The first-order valence-corrected chi connectivity index (χ1v) is 7.06. The van der Waals surface area contributed by atoms with Gasteiger partial charge in [0.25, 0.3) is 5.88 Å². The third-order valence-electron chi connectivity index (χ3n) is 3.18. The standard InChI is InChI=1S/C15H18N4O4/c1-9(2)14(20)16-11-5-7-12(8-6-11)23-15-13(19(21)22)10(3)17-18(15)4/h5-9H,1-4H3,(H,16,20). The lowest BCUT2D eigenvalue weighted by Crippen LogP contribution is -2.17. The maximum Gasteiger partial charge on any atom is 0.353 e. The van der Waals surface area contributed by atoms with Crippen molar-refractivity contribution < 1.29 is 14.5 Å². The van der Waals surface area contributed by atoms with Crippen LogP contribution in [0.2, 0.25) is 0 Å².